The summed E-state index contributed by atoms with van der Waals surface area (Å²) in [6.07, 6.45) is 0. The van der Waals surface area contributed by atoms with E-state index in [1.54, 1.807) is 0 Å². The van der Waals surface area contributed by atoms with Crippen molar-refractivity contribution in [1.29, 1.82) is 0 Å². The Kier molecular flexibility index (Phi) is 3.93. The second-order valence-corrected chi connectivity index (χ2v) is 6.51. The normalized spacial score (nSPS) is 11.5. The van der Waals surface area contributed by atoms with Crippen LogP contribution in [0.2, 0.25) is 0 Å². The molecule has 0 saturated carbocycles. The first-order chi connectivity index (χ1) is 10.5. The lowest BCUT2D eigenvalue weighted by Crippen LogP contribution is -2.15. The smallest absolute Gasteiger partial charge is 0.0657 e. The summed E-state index contributed by atoms with van der Waals surface area (Å²) in [5, 5.41) is 12.3. The van der Waals surface area contributed by atoms with Crippen LogP contribution in [0.25, 0.3) is 21.5 Å². The predicted octanol–water partition coefficient (Wildman–Crippen LogP) is 5.63. The van der Waals surface area contributed by atoms with Crippen molar-refractivity contribution in [2.45, 2.75) is 39.8 Å². The SMILES string of the molecule is CC(C)Nc1ccc2cc3ccccc3cc2c1NC(C)C. The zero-order valence-electron chi connectivity index (χ0n) is 13.8. The van der Waals surface area contributed by atoms with E-state index in [9.17, 15) is 0 Å². The van der Waals surface area contributed by atoms with Crippen LogP contribution < -0.4 is 10.6 Å². The summed E-state index contributed by atoms with van der Waals surface area (Å²) < 4.78 is 0. The molecule has 0 fully saturated rings. The van der Waals surface area contributed by atoms with Crippen LogP contribution in [0.15, 0.2) is 48.5 Å². The van der Waals surface area contributed by atoms with E-state index in [4.69, 9.17) is 0 Å². The fourth-order valence-electron chi connectivity index (χ4n) is 2.89. The van der Waals surface area contributed by atoms with Crippen LogP contribution in [0, 0.1) is 0 Å². The van der Waals surface area contributed by atoms with E-state index in [-0.39, 0.29) is 0 Å². The van der Waals surface area contributed by atoms with Gasteiger partial charge in [-0.15, -0.1) is 0 Å². The van der Waals surface area contributed by atoms with Gasteiger partial charge in [-0.25, -0.2) is 0 Å². The standard InChI is InChI=1S/C20H24N2/c1-13(2)21-19-10-9-17-11-15-7-5-6-8-16(15)12-18(17)20(19)22-14(3)4/h5-14,21-22H,1-4H3. The van der Waals surface area contributed by atoms with Gasteiger partial charge in [0.1, 0.15) is 0 Å². The zero-order chi connectivity index (χ0) is 15.7. The van der Waals surface area contributed by atoms with Gasteiger partial charge < -0.3 is 10.6 Å². The third-order valence-electron chi connectivity index (χ3n) is 3.76. The Morgan fingerprint density at radius 2 is 1.32 bits per heavy atom. The molecule has 114 valence electrons. The van der Waals surface area contributed by atoms with Gasteiger partial charge in [-0.3, -0.25) is 0 Å². The highest BCUT2D eigenvalue weighted by Gasteiger charge is 2.10. The van der Waals surface area contributed by atoms with E-state index in [1.807, 2.05) is 0 Å². The van der Waals surface area contributed by atoms with E-state index < -0.39 is 0 Å². The molecule has 0 unspecified atom stereocenters. The molecule has 3 aromatic rings. The molecule has 0 atom stereocenters. The van der Waals surface area contributed by atoms with Crippen molar-refractivity contribution in [3.63, 3.8) is 0 Å². The molecule has 0 bridgehead atoms. The summed E-state index contributed by atoms with van der Waals surface area (Å²) in [5.41, 5.74) is 2.37. The van der Waals surface area contributed by atoms with Crippen LogP contribution in [0.4, 0.5) is 11.4 Å². The molecule has 0 aliphatic carbocycles. The van der Waals surface area contributed by atoms with Crippen molar-refractivity contribution in [2.24, 2.45) is 0 Å². The minimum Gasteiger partial charge on any atom is -0.381 e. The number of anilines is 2. The Morgan fingerprint density at radius 1 is 0.682 bits per heavy atom. The number of rotatable bonds is 4. The Hall–Kier alpha value is -2.22. The lowest BCUT2D eigenvalue weighted by molar-refractivity contribution is 0.885. The summed E-state index contributed by atoms with van der Waals surface area (Å²) in [7, 11) is 0. The number of hydrogen-bond donors (Lipinski definition) is 2. The van der Waals surface area contributed by atoms with E-state index in [0.29, 0.717) is 12.1 Å². The molecule has 2 nitrogen and oxygen atoms in total. The van der Waals surface area contributed by atoms with Gasteiger partial charge in [-0.2, -0.15) is 0 Å². The van der Waals surface area contributed by atoms with Crippen molar-refractivity contribution >= 4 is 32.9 Å². The Bertz CT molecular complexity index is 803. The van der Waals surface area contributed by atoms with E-state index >= 15 is 0 Å². The van der Waals surface area contributed by atoms with Crippen LogP contribution in [0.1, 0.15) is 27.7 Å². The monoisotopic (exact) mass is 292 g/mol. The number of nitrogens with one attached hydrogen (secondary N) is 2. The number of hydrogen-bond acceptors (Lipinski definition) is 2. The third kappa shape index (κ3) is 2.87. The van der Waals surface area contributed by atoms with E-state index in [2.05, 4.69) is 86.9 Å². The zero-order valence-corrected chi connectivity index (χ0v) is 13.8. The topological polar surface area (TPSA) is 24.1 Å². The third-order valence-corrected chi connectivity index (χ3v) is 3.76. The predicted molar refractivity (Wildman–Crippen MR) is 99.0 cm³/mol. The average Bonchev–Trinajstić information content (AvgIpc) is 2.47. The van der Waals surface area contributed by atoms with Gasteiger partial charge in [0.25, 0.3) is 0 Å². The minimum absolute atomic E-state index is 0.393. The van der Waals surface area contributed by atoms with Crippen molar-refractivity contribution in [2.75, 3.05) is 10.6 Å². The van der Waals surface area contributed by atoms with Gasteiger partial charge >= 0.3 is 0 Å². The average molecular weight is 292 g/mol. The molecule has 0 saturated heterocycles. The summed E-state index contributed by atoms with van der Waals surface area (Å²) in [6.45, 7) is 8.70. The molecule has 22 heavy (non-hydrogen) atoms. The maximum Gasteiger partial charge on any atom is 0.0657 e. The summed E-state index contributed by atoms with van der Waals surface area (Å²) in [6, 6.07) is 18.3. The van der Waals surface area contributed by atoms with Crippen molar-refractivity contribution in [3.05, 3.63) is 48.5 Å². The first-order valence-electron chi connectivity index (χ1n) is 8.03. The molecular formula is C20H24N2. The van der Waals surface area contributed by atoms with E-state index in [1.165, 1.54) is 32.9 Å². The van der Waals surface area contributed by atoms with Crippen LogP contribution in [0.5, 0.6) is 0 Å². The molecule has 0 spiro atoms. The fourth-order valence-corrected chi connectivity index (χ4v) is 2.89. The highest BCUT2D eigenvalue weighted by Crippen LogP contribution is 2.35. The van der Waals surface area contributed by atoms with Gasteiger partial charge in [0.15, 0.2) is 0 Å². The highest BCUT2D eigenvalue weighted by atomic mass is 15.0. The van der Waals surface area contributed by atoms with Gasteiger partial charge in [0, 0.05) is 17.5 Å². The Morgan fingerprint density at radius 3 is 1.95 bits per heavy atom. The first-order valence-corrected chi connectivity index (χ1v) is 8.03. The first kappa shape index (κ1) is 14.7. The van der Waals surface area contributed by atoms with Crippen LogP contribution >= 0.6 is 0 Å². The van der Waals surface area contributed by atoms with Gasteiger partial charge in [0.05, 0.1) is 11.4 Å². The van der Waals surface area contributed by atoms with Crippen molar-refractivity contribution < 1.29 is 0 Å². The summed E-state index contributed by atoms with van der Waals surface area (Å²) in [5.74, 6) is 0. The van der Waals surface area contributed by atoms with Gasteiger partial charge in [0.2, 0.25) is 0 Å². The second-order valence-electron chi connectivity index (χ2n) is 6.51. The summed E-state index contributed by atoms with van der Waals surface area (Å²) >= 11 is 0. The molecule has 0 aromatic heterocycles. The van der Waals surface area contributed by atoms with Crippen LogP contribution in [-0.2, 0) is 0 Å². The number of fused-ring (bicyclic) bond motifs is 2. The molecule has 0 heterocycles. The maximum absolute atomic E-state index is 3.62. The maximum atomic E-state index is 3.62. The molecule has 2 N–H and O–H groups in total. The van der Waals surface area contributed by atoms with Crippen LogP contribution in [0.3, 0.4) is 0 Å². The molecule has 3 rings (SSSR count). The van der Waals surface area contributed by atoms with Crippen molar-refractivity contribution in [1.82, 2.24) is 0 Å². The number of benzene rings is 3. The Labute approximate surface area is 132 Å². The molecule has 3 aromatic carbocycles. The lowest BCUT2D eigenvalue weighted by atomic mass is 10.0. The molecular weight excluding hydrogens is 268 g/mol. The second kappa shape index (κ2) is 5.88. The largest absolute Gasteiger partial charge is 0.381 e. The molecule has 0 aliphatic heterocycles. The van der Waals surface area contributed by atoms with Crippen LogP contribution in [-0.4, -0.2) is 12.1 Å². The summed E-state index contributed by atoms with van der Waals surface area (Å²) in [4.78, 5) is 0. The minimum atomic E-state index is 0.393. The highest BCUT2D eigenvalue weighted by molar-refractivity contribution is 6.07. The van der Waals surface area contributed by atoms with Gasteiger partial charge in [-0.1, -0.05) is 30.3 Å². The quantitative estimate of drug-likeness (QED) is 0.609. The van der Waals surface area contributed by atoms with Gasteiger partial charge in [-0.05, 0) is 62.1 Å². The van der Waals surface area contributed by atoms with E-state index in [0.717, 1.165) is 0 Å². The van der Waals surface area contributed by atoms with Crippen molar-refractivity contribution in [3.8, 4) is 0 Å². The Balaban J connectivity index is 2.26. The lowest BCUT2D eigenvalue weighted by Gasteiger charge is -2.20. The molecule has 0 aliphatic rings. The molecule has 0 amide bonds. The molecule has 0 radical (unpaired) electrons. The molecule has 2 heteroatoms. The fraction of sp³-hybridized carbons (Fsp3) is 0.300.